The van der Waals surface area contributed by atoms with Crippen molar-refractivity contribution >= 4 is 0 Å². The van der Waals surface area contributed by atoms with Gasteiger partial charge in [0.1, 0.15) is 0 Å². The van der Waals surface area contributed by atoms with Gasteiger partial charge in [0.05, 0.1) is 0 Å². The molecular weight excluding hydrogens is 164 g/mol. The maximum Gasteiger partial charge on any atom is 0.269 e. The predicted molar refractivity (Wildman–Crippen MR) is 54.1 cm³/mol. The van der Waals surface area contributed by atoms with Crippen LogP contribution in [-0.2, 0) is 13.0 Å². The van der Waals surface area contributed by atoms with Crippen LogP contribution in [0, 0.1) is 6.92 Å². The molecule has 0 amide bonds. The number of hydrogen-bond donors (Lipinski definition) is 1. The molecule has 1 N–H and O–H groups in total. The second kappa shape index (κ2) is 4.30. The molecule has 0 unspecified atom stereocenters. The van der Waals surface area contributed by atoms with Crippen LogP contribution in [0.5, 0.6) is 0 Å². The van der Waals surface area contributed by atoms with Crippen molar-refractivity contribution in [2.45, 2.75) is 46.6 Å². The van der Waals surface area contributed by atoms with Crippen LogP contribution in [0.4, 0.5) is 0 Å². The number of H-pyrrole nitrogens is 1. The lowest BCUT2D eigenvalue weighted by atomic mass is 10.1. The van der Waals surface area contributed by atoms with Crippen molar-refractivity contribution in [3.8, 4) is 0 Å². The summed E-state index contributed by atoms with van der Waals surface area (Å²) >= 11 is 0. The van der Waals surface area contributed by atoms with Gasteiger partial charge in [-0.3, -0.25) is 14.6 Å². The second-order valence-electron chi connectivity index (χ2n) is 3.37. The zero-order valence-electron chi connectivity index (χ0n) is 8.68. The highest BCUT2D eigenvalue weighted by atomic mass is 16.1. The minimum atomic E-state index is 0.133. The van der Waals surface area contributed by atoms with Crippen molar-refractivity contribution in [3.05, 3.63) is 21.6 Å². The van der Waals surface area contributed by atoms with Crippen LogP contribution in [0.3, 0.4) is 0 Å². The van der Waals surface area contributed by atoms with E-state index in [1.54, 1.807) is 4.68 Å². The maximum absolute atomic E-state index is 11.5. The van der Waals surface area contributed by atoms with Crippen LogP contribution in [0.25, 0.3) is 0 Å². The van der Waals surface area contributed by atoms with Crippen LogP contribution >= 0.6 is 0 Å². The number of unbranched alkanes of at least 4 members (excludes halogenated alkanes) is 1. The van der Waals surface area contributed by atoms with E-state index in [1.807, 2.05) is 13.8 Å². The molecule has 1 aromatic heterocycles. The average molecular weight is 182 g/mol. The zero-order chi connectivity index (χ0) is 9.84. The van der Waals surface area contributed by atoms with E-state index in [2.05, 4.69) is 12.0 Å². The molecule has 3 nitrogen and oxygen atoms in total. The van der Waals surface area contributed by atoms with Crippen LogP contribution in [0.1, 0.15) is 37.9 Å². The Hall–Kier alpha value is -0.990. The van der Waals surface area contributed by atoms with Gasteiger partial charge in [0.15, 0.2) is 0 Å². The molecule has 13 heavy (non-hydrogen) atoms. The van der Waals surface area contributed by atoms with E-state index in [-0.39, 0.29) is 5.56 Å². The fourth-order valence-corrected chi connectivity index (χ4v) is 1.45. The topological polar surface area (TPSA) is 37.8 Å². The third-order valence-corrected chi connectivity index (χ3v) is 2.39. The molecule has 0 aromatic carbocycles. The minimum absolute atomic E-state index is 0.133. The summed E-state index contributed by atoms with van der Waals surface area (Å²) in [4.78, 5) is 11.5. The summed E-state index contributed by atoms with van der Waals surface area (Å²) in [5.41, 5.74) is 2.12. The summed E-state index contributed by atoms with van der Waals surface area (Å²) < 4.78 is 1.67. The Morgan fingerprint density at radius 2 is 2.08 bits per heavy atom. The quantitative estimate of drug-likeness (QED) is 0.758. The molecule has 74 valence electrons. The molecule has 0 aliphatic heterocycles. The van der Waals surface area contributed by atoms with E-state index in [0.29, 0.717) is 0 Å². The summed E-state index contributed by atoms with van der Waals surface area (Å²) in [6.07, 6.45) is 3.30. The maximum atomic E-state index is 11.5. The Labute approximate surface area is 78.8 Å². The predicted octanol–water partition coefficient (Wildman–Crippen LogP) is 1.85. The molecule has 0 aliphatic rings. The van der Waals surface area contributed by atoms with Gasteiger partial charge in [0, 0.05) is 17.8 Å². The van der Waals surface area contributed by atoms with Gasteiger partial charge in [-0.25, -0.2) is 0 Å². The molecule has 1 heterocycles. The summed E-state index contributed by atoms with van der Waals surface area (Å²) in [5, 5.41) is 3.14. The first-order chi connectivity index (χ1) is 6.20. The Morgan fingerprint density at radius 1 is 1.38 bits per heavy atom. The smallest absolute Gasteiger partial charge is 0.269 e. The van der Waals surface area contributed by atoms with Gasteiger partial charge in [0.2, 0.25) is 0 Å². The van der Waals surface area contributed by atoms with E-state index in [0.717, 1.165) is 30.6 Å². The molecule has 0 saturated heterocycles. The number of hydrogen-bond acceptors (Lipinski definition) is 1. The number of aryl methyl sites for hydroxylation is 2. The monoisotopic (exact) mass is 182 g/mol. The fraction of sp³-hybridized carbons (Fsp3) is 0.700. The fourth-order valence-electron chi connectivity index (χ4n) is 1.45. The first-order valence-electron chi connectivity index (χ1n) is 4.99. The number of rotatable bonds is 4. The normalized spacial score (nSPS) is 10.7. The SMILES string of the molecule is CCCCc1[nH]n(CC)c(=O)c1C. The summed E-state index contributed by atoms with van der Waals surface area (Å²) in [7, 11) is 0. The van der Waals surface area contributed by atoms with Gasteiger partial charge in [-0.05, 0) is 26.7 Å². The lowest BCUT2D eigenvalue weighted by molar-refractivity contribution is 0.622. The van der Waals surface area contributed by atoms with Gasteiger partial charge in [-0.1, -0.05) is 13.3 Å². The molecule has 0 atom stereocenters. The molecule has 1 rings (SSSR count). The highest BCUT2D eigenvalue weighted by molar-refractivity contribution is 5.15. The van der Waals surface area contributed by atoms with Crippen LogP contribution in [0.15, 0.2) is 4.79 Å². The van der Waals surface area contributed by atoms with Crippen molar-refractivity contribution in [2.24, 2.45) is 0 Å². The highest BCUT2D eigenvalue weighted by Gasteiger charge is 2.07. The first kappa shape index (κ1) is 10.1. The highest BCUT2D eigenvalue weighted by Crippen LogP contribution is 2.04. The van der Waals surface area contributed by atoms with Crippen LogP contribution in [0.2, 0.25) is 0 Å². The first-order valence-corrected chi connectivity index (χ1v) is 4.99. The third kappa shape index (κ3) is 2.02. The second-order valence-corrected chi connectivity index (χ2v) is 3.37. The Bertz CT molecular complexity index is 322. The molecule has 0 bridgehead atoms. The van der Waals surface area contributed by atoms with E-state index in [9.17, 15) is 4.79 Å². The van der Waals surface area contributed by atoms with Crippen LogP contribution < -0.4 is 5.56 Å². The molecule has 0 radical (unpaired) electrons. The van der Waals surface area contributed by atoms with E-state index in [4.69, 9.17) is 0 Å². The van der Waals surface area contributed by atoms with Crippen molar-refractivity contribution in [1.82, 2.24) is 9.78 Å². The summed E-state index contributed by atoms with van der Waals surface area (Å²) in [5.74, 6) is 0. The number of nitrogens with zero attached hydrogens (tertiary/aromatic N) is 1. The van der Waals surface area contributed by atoms with Gasteiger partial charge < -0.3 is 0 Å². The third-order valence-electron chi connectivity index (χ3n) is 2.39. The van der Waals surface area contributed by atoms with Gasteiger partial charge in [-0.15, -0.1) is 0 Å². The van der Waals surface area contributed by atoms with E-state index >= 15 is 0 Å². The van der Waals surface area contributed by atoms with Crippen molar-refractivity contribution in [3.63, 3.8) is 0 Å². The molecule has 0 spiro atoms. The average Bonchev–Trinajstić information content (AvgIpc) is 2.41. The summed E-state index contributed by atoms with van der Waals surface area (Å²) in [6.45, 7) is 6.76. The molecule has 3 heteroatoms. The molecule has 0 fully saturated rings. The van der Waals surface area contributed by atoms with Crippen LogP contribution in [-0.4, -0.2) is 9.78 Å². The number of nitrogens with one attached hydrogen (secondary N) is 1. The van der Waals surface area contributed by atoms with Gasteiger partial charge in [-0.2, -0.15) is 0 Å². The van der Waals surface area contributed by atoms with Crippen molar-refractivity contribution in [1.29, 1.82) is 0 Å². The lowest BCUT2D eigenvalue weighted by Gasteiger charge is -1.96. The molecule has 0 saturated carbocycles. The molecular formula is C10H18N2O. The Kier molecular flexibility index (Phi) is 3.34. The Morgan fingerprint density at radius 3 is 2.54 bits per heavy atom. The minimum Gasteiger partial charge on any atom is -0.299 e. The molecule has 1 aromatic rings. The molecule has 0 aliphatic carbocycles. The Balaban J connectivity index is 2.89. The van der Waals surface area contributed by atoms with E-state index < -0.39 is 0 Å². The summed E-state index contributed by atoms with van der Waals surface area (Å²) in [6, 6.07) is 0. The van der Waals surface area contributed by atoms with E-state index in [1.165, 1.54) is 6.42 Å². The largest absolute Gasteiger partial charge is 0.299 e. The zero-order valence-corrected chi connectivity index (χ0v) is 8.68. The lowest BCUT2D eigenvalue weighted by Crippen LogP contribution is -2.16. The van der Waals surface area contributed by atoms with Crippen molar-refractivity contribution < 1.29 is 0 Å². The van der Waals surface area contributed by atoms with Crippen molar-refractivity contribution in [2.75, 3.05) is 0 Å². The number of aromatic amines is 1. The number of aromatic nitrogens is 2. The van der Waals surface area contributed by atoms with Gasteiger partial charge in [0.25, 0.3) is 5.56 Å². The standard InChI is InChI=1S/C10H18N2O/c1-4-6-7-9-8(3)10(13)12(5-2)11-9/h11H,4-7H2,1-3H3. The van der Waals surface area contributed by atoms with Gasteiger partial charge >= 0.3 is 0 Å².